The largest absolute Gasteiger partial charge is 0.358 e. The highest BCUT2D eigenvalue weighted by molar-refractivity contribution is 5.83. The van der Waals surface area contributed by atoms with Crippen LogP contribution in [0.5, 0.6) is 0 Å². The molecule has 0 fully saturated rings. The van der Waals surface area contributed by atoms with Gasteiger partial charge in [-0.25, -0.2) is 30.4 Å². The Kier molecular flexibility index (Phi) is 6.27. The molecule has 1 amide bonds. The zero-order chi connectivity index (χ0) is 21.6. The van der Waals surface area contributed by atoms with Gasteiger partial charge in [-0.15, -0.1) is 0 Å². The first-order valence-corrected chi connectivity index (χ1v) is 10.3. The van der Waals surface area contributed by atoms with Gasteiger partial charge < -0.3 is 10.3 Å². The van der Waals surface area contributed by atoms with Crippen LogP contribution in [0.15, 0.2) is 36.9 Å². The Morgan fingerprint density at radius 2 is 2.03 bits per heavy atom. The highest BCUT2D eigenvalue weighted by Crippen LogP contribution is 2.26. The summed E-state index contributed by atoms with van der Waals surface area (Å²) in [6.45, 7) is 2.06. The van der Waals surface area contributed by atoms with Crippen LogP contribution in [0, 0.1) is 0 Å². The van der Waals surface area contributed by atoms with Crippen molar-refractivity contribution in [1.82, 2.24) is 35.4 Å². The van der Waals surface area contributed by atoms with Crippen molar-refractivity contribution in [1.29, 1.82) is 0 Å². The maximum atomic E-state index is 11.3. The summed E-state index contributed by atoms with van der Waals surface area (Å²) in [6, 6.07) is 7.78. The Bertz CT molecular complexity index is 1190. The second-order valence-electron chi connectivity index (χ2n) is 7.22. The van der Waals surface area contributed by atoms with Crippen molar-refractivity contribution < 1.29 is 10.0 Å². The fourth-order valence-electron chi connectivity index (χ4n) is 3.53. The van der Waals surface area contributed by atoms with E-state index in [9.17, 15) is 4.79 Å². The molecule has 4 rings (SSSR count). The van der Waals surface area contributed by atoms with E-state index in [1.165, 1.54) is 6.33 Å². The molecule has 4 aromatic rings. The van der Waals surface area contributed by atoms with Crippen LogP contribution in [0.4, 0.5) is 5.82 Å². The van der Waals surface area contributed by atoms with Crippen LogP contribution >= 0.6 is 0 Å². The second-order valence-corrected chi connectivity index (χ2v) is 7.22. The topological polar surface area (TPSA) is 142 Å². The van der Waals surface area contributed by atoms with E-state index in [-0.39, 0.29) is 18.4 Å². The van der Waals surface area contributed by atoms with Crippen molar-refractivity contribution in [3.8, 4) is 0 Å². The summed E-state index contributed by atoms with van der Waals surface area (Å²) in [5, 5.41) is 13.1. The van der Waals surface area contributed by atoms with Gasteiger partial charge in [0.1, 0.15) is 11.8 Å². The molecule has 0 aliphatic carbocycles. The fourth-order valence-corrected chi connectivity index (χ4v) is 3.53. The number of rotatable bonds is 9. The van der Waals surface area contributed by atoms with Crippen molar-refractivity contribution in [2.75, 3.05) is 5.32 Å². The number of unbranched alkanes of at least 4 members (excludes halogenated alkanes) is 1. The van der Waals surface area contributed by atoms with Crippen LogP contribution in [0.1, 0.15) is 50.2 Å². The van der Waals surface area contributed by atoms with Crippen LogP contribution in [0.25, 0.3) is 22.1 Å². The summed E-state index contributed by atoms with van der Waals surface area (Å²) in [7, 11) is 0. The number of imidazole rings is 1. The number of amides is 1. The molecule has 0 aliphatic heterocycles. The van der Waals surface area contributed by atoms with Gasteiger partial charge in [-0.2, -0.15) is 0 Å². The van der Waals surface area contributed by atoms with Gasteiger partial charge >= 0.3 is 0 Å². The minimum Gasteiger partial charge on any atom is -0.358 e. The molecule has 0 radical (unpaired) electrons. The van der Waals surface area contributed by atoms with E-state index in [1.54, 1.807) is 11.8 Å². The van der Waals surface area contributed by atoms with E-state index in [4.69, 9.17) is 15.2 Å². The van der Waals surface area contributed by atoms with Gasteiger partial charge in [0.15, 0.2) is 17.3 Å². The predicted octanol–water partition coefficient (Wildman–Crippen LogP) is 3.08. The summed E-state index contributed by atoms with van der Waals surface area (Å²) in [5.41, 5.74) is 4.83. The van der Waals surface area contributed by atoms with E-state index in [0.717, 1.165) is 35.0 Å². The van der Waals surface area contributed by atoms with Crippen molar-refractivity contribution in [3.63, 3.8) is 0 Å². The van der Waals surface area contributed by atoms with E-state index in [2.05, 4.69) is 32.2 Å². The molecule has 1 aromatic carbocycles. The lowest BCUT2D eigenvalue weighted by atomic mass is 10.1. The number of fused-ring (bicyclic) bond motifs is 2. The van der Waals surface area contributed by atoms with Gasteiger partial charge in [-0.1, -0.05) is 25.1 Å². The van der Waals surface area contributed by atoms with Gasteiger partial charge in [-0.3, -0.25) is 10.0 Å². The number of hydroxylamine groups is 1. The number of benzene rings is 1. The minimum atomic E-state index is -0.376. The molecular formula is C21H24N8O2. The third-order valence-corrected chi connectivity index (χ3v) is 5.15. The SMILES string of the molecule is CCC(Nc1ncnc2nc[nH]c12)c1nc(CCCCC(=O)NO)c2ccccc2n1. The number of anilines is 1. The number of nitrogens with one attached hydrogen (secondary N) is 3. The zero-order valence-corrected chi connectivity index (χ0v) is 17.2. The minimum absolute atomic E-state index is 0.148. The summed E-state index contributed by atoms with van der Waals surface area (Å²) in [6.07, 6.45) is 6.25. The van der Waals surface area contributed by atoms with Crippen LogP contribution in [0.2, 0.25) is 0 Å². The van der Waals surface area contributed by atoms with Crippen molar-refractivity contribution >= 4 is 33.8 Å². The fraction of sp³-hybridized carbons (Fsp3) is 0.333. The summed E-state index contributed by atoms with van der Waals surface area (Å²) >= 11 is 0. The monoisotopic (exact) mass is 420 g/mol. The summed E-state index contributed by atoms with van der Waals surface area (Å²) in [4.78, 5) is 36.7. The molecule has 10 nitrogen and oxygen atoms in total. The number of nitrogens with zero attached hydrogens (tertiary/aromatic N) is 5. The maximum Gasteiger partial charge on any atom is 0.243 e. The number of hydrogen-bond donors (Lipinski definition) is 4. The zero-order valence-electron chi connectivity index (χ0n) is 17.2. The van der Waals surface area contributed by atoms with E-state index in [1.807, 2.05) is 24.3 Å². The standard InChI is InChI=1S/C21H24N8O2/c1-2-14(26-21-18-20(23-11-22-18)24-12-25-21)19-27-15-8-4-3-7-13(15)16(28-19)9-5-6-10-17(30)29-31/h3-4,7-8,11-12,14,31H,2,5-6,9-10H2,1H3,(H,29,30)(H2,22,23,24,25,26). The summed E-state index contributed by atoms with van der Waals surface area (Å²) in [5.74, 6) is 0.969. The third kappa shape index (κ3) is 4.58. The molecule has 0 spiro atoms. The van der Waals surface area contributed by atoms with Gasteiger partial charge in [0.25, 0.3) is 0 Å². The molecule has 0 saturated carbocycles. The number of aromatic amines is 1. The molecule has 0 bridgehead atoms. The number of para-hydroxylation sites is 1. The number of carbonyl (C=O) groups is 1. The predicted molar refractivity (Wildman–Crippen MR) is 115 cm³/mol. The van der Waals surface area contributed by atoms with Crippen LogP contribution < -0.4 is 10.8 Å². The highest BCUT2D eigenvalue weighted by Gasteiger charge is 2.18. The Morgan fingerprint density at radius 1 is 1.16 bits per heavy atom. The van der Waals surface area contributed by atoms with Gasteiger partial charge in [0.2, 0.25) is 5.91 Å². The average Bonchev–Trinajstić information content (AvgIpc) is 3.29. The van der Waals surface area contributed by atoms with Crippen molar-refractivity contribution in [3.05, 3.63) is 48.4 Å². The van der Waals surface area contributed by atoms with Crippen molar-refractivity contribution in [2.45, 2.75) is 45.1 Å². The molecule has 10 heteroatoms. The number of carbonyl (C=O) groups excluding carboxylic acids is 1. The maximum absolute atomic E-state index is 11.3. The lowest BCUT2D eigenvalue weighted by Crippen LogP contribution is -2.18. The Morgan fingerprint density at radius 3 is 2.87 bits per heavy atom. The van der Waals surface area contributed by atoms with Crippen LogP contribution in [-0.2, 0) is 11.2 Å². The third-order valence-electron chi connectivity index (χ3n) is 5.15. The van der Waals surface area contributed by atoms with E-state index in [0.29, 0.717) is 30.1 Å². The number of H-pyrrole nitrogens is 1. The number of aryl methyl sites for hydroxylation is 1. The first-order chi connectivity index (χ1) is 15.2. The first kappa shape index (κ1) is 20.6. The smallest absolute Gasteiger partial charge is 0.243 e. The molecule has 3 heterocycles. The number of aromatic nitrogens is 6. The Labute approximate surface area is 178 Å². The normalized spacial score (nSPS) is 12.2. The molecule has 1 unspecified atom stereocenters. The first-order valence-electron chi connectivity index (χ1n) is 10.3. The molecule has 3 aromatic heterocycles. The van der Waals surface area contributed by atoms with Crippen molar-refractivity contribution in [2.24, 2.45) is 0 Å². The lowest BCUT2D eigenvalue weighted by Gasteiger charge is -2.18. The van der Waals surface area contributed by atoms with E-state index < -0.39 is 0 Å². The molecule has 160 valence electrons. The highest BCUT2D eigenvalue weighted by atomic mass is 16.5. The van der Waals surface area contributed by atoms with E-state index >= 15 is 0 Å². The Balaban J connectivity index is 1.61. The molecule has 0 saturated heterocycles. The average molecular weight is 420 g/mol. The van der Waals surface area contributed by atoms with Crippen LogP contribution in [0.3, 0.4) is 0 Å². The summed E-state index contributed by atoms with van der Waals surface area (Å²) < 4.78 is 0. The van der Waals surface area contributed by atoms with Crippen LogP contribution in [-0.4, -0.2) is 41.0 Å². The molecule has 1 atom stereocenters. The molecule has 0 aliphatic rings. The lowest BCUT2D eigenvalue weighted by molar-refractivity contribution is -0.129. The van der Waals surface area contributed by atoms with Gasteiger partial charge in [0, 0.05) is 11.8 Å². The number of hydrogen-bond acceptors (Lipinski definition) is 8. The molecule has 4 N–H and O–H groups in total. The van der Waals surface area contributed by atoms with Gasteiger partial charge in [-0.05, 0) is 31.7 Å². The van der Waals surface area contributed by atoms with Gasteiger partial charge in [0.05, 0.1) is 23.6 Å². The Hall–Kier alpha value is -3.66. The second kappa shape index (κ2) is 9.43. The molecule has 31 heavy (non-hydrogen) atoms. The quantitative estimate of drug-likeness (QED) is 0.184. The molecular weight excluding hydrogens is 396 g/mol.